The summed E-state index contributed by atoms with van der Waals surface area (Å²) in [5, 5.41) is 12.5. The summed E-state index contributed by atoms with van der Waals surface area (Å²) in [6.45, 7) is 10.8. The van der Waals surface area contributed by atoms with Gasteiger partial charge in [0.25, 0.3) is 0 Å². The molecule has 1 rings (SSSR count). The Kier molecular flexibility index (Phi) is 7.09. The van der Waals surface area contributed by atoms with E-state index in [-0.39, 0.29) is 6.61 Å². The molecule has 2 N–H and O–H groups in total. The lowest BCUT2D eigenvalue weighted by Crippen LogP contribution is -2.45. The number of hydrogen-bond donors (Lipinski definition) is 2. The molecular weight excluding hydrogens is 212 g/mol. The molecule has 0 aliphatic carbocycles. The van der Waals surface area contributed by atoms with E-state index >= 15 is 0 Å². The molecule has 1 aliphatic heterocycles. The standard InChI is InChI=1S/C14H30N2O/c1-4-8-16-9-5-14(6-10-16)13(3)15-12(2)7-11-17/h12-15,17H,4-11H2,1-3H3. The second-order valence-electron chi connectivity index (χ2n) is 5.55. The lowest BCUT2D eigenvalue weighted by Gasteiger charge is -2.36. The molecule has 0 spiro atoms. The minimum atomic E-state index is 0.288. The Morgan fingerprint density at radius 3 is 2.47 bits per heavy atom. The van der Waals surface area contributed by atoms with Crippen molar-refractivity contribution >= 4 is 0 Å². The van der Waals surface area contributed by atoms with Crippen LogP contribution in [0.25, 0.3) is 0 Å². The highest BCUT2D eigenvalue weighted by atomic mass is 16.3. The molecule has 3 nitrogen and oxygen atoms in total. The highest BCUT2D eigenvalue weighted by Gasteiger charge is 2.23. The van der Waals surface area contributed by atoms with Gasteiger partial charge in [0.1, 0.15) is 0 Å². The molecule has 102 valence electrons. The first kappa shape index (κ1) is 14.9. The van der Waals surface area contributed by atoms with Crippen molar-refractivity contribution in [2.24, 2.45) is 5.92 Å². The molecule has 0 amide bonds. The van der Waals surface area contributed by atoms with Gasteiger partial charge in [-0.15, -0.1) is 0 Å². The molecular formula is C14H30N2O. The summed E-state index contributed by atoms with van der Waals surface area (Å²) in [7, 11) is 0. The van der Waals surface area contributed by atoms with Crippen molar-refractivity contribution < 1.29 is 5.11 Å². The first-order chi connectivity index (χ1) is 8.17. The molecule has 1 saturated heterocycles. The van der Waals surface area contributed by atoms with Gasteiger partial charge in [-0.25, -0.2) is 0 Å². The number of rotatable bonds is 7. The fraction of sp³-hybridized carbons (Fsp3) is 1.00. The summed E-state index contributed by atoms with van der Waals surface area (Å²) in [6.07, 6.45) is 4.77. The van der Waals surface area contributed by atoms with E-state index in [0.717, 1.165) is 12.3 Å². The molecule has 0 radical (unpaired) electrons. The zero-order chi connectivity index (χ0) is 12.7. The number of nitrogens with one attached hydrogen (secondary N) is 1. The lowest BCUT2D eigenvalue weighted by atomic mass is 9.89. The highest BCUT2D eigenvalue weighted by molar-refractivity contribution is 4.80. The minimum Gasteiger partial charge on any atom is -0.396 e. The Hall–Kier alpha value is -0.120. The molecule has 0 bridgehead atoms. The average Bonchev–Trinajstić information content (AvgIpc) is 2.30. The zero-order valence-electron chi connectivity index (χ0n) is 11.8. The number of likely N-dealkylation sites (tertiary alicyclic amines) is 1. The van der Waals surface area contributed by atoms with E-state index < -0.39 is 0 Å². The van der Waals surface area contributed by atoms with Gasteiger partial charge in [-0.05, 0) is 65.1 Å². The van der Waals surface area contributed by atoms with Gasteiger partial charge in [0.15, 0.2) is 0 Å². The topological polar surface area (TPSA) is 35.5 Å². The van der Waals surface area contributed by atoms with Crippen molar-refractivity contribution in [2.75, 3.05) is 26.2 Å². The van der Waals surface area contributed by atoms with Crippen molar-refractivity contribution in [3.05, 3.63) is 0 Å². The van der Waals surface area contributed by atoms with Gasteiger partial charge in [-0.2, -0.15) is 0 Å². The van der Waals surface area contributed by atoms with E-state index in [2.05, 4.69) is 31.0 Å². The van der Waals surface area contributed by atoms with E-state index in [1.165, 1.54) is 38.9 Å². The maximum atomic E-state index is 8.91. The molecule has 3 heteroatoms. The average molecular weight is 242 g/mol. The molecule has 0 saturated carbocycles. The third-order valence-corrected chi connectivity index (χ3v) is 3.99. The maximum absolute atomic E-state index is 8.91. The van der Waals surface area contributed by atoms with Gasteiger partial charge in [0, 0.05) is 18.7 Å². The second kappa shape index (κ2) is 8.06. The van der Waals surface area contributed by atoms with Crippen LogP contribution in [-0.2, 0) is 0 Å². The van der Waals surface area contributed by atoms with Crippen molar-refractivity contribution in [1.82, 2.24) is 10.2 Å². The van der Waals surface area contributed by atoms with Crippen LogP contribution in [-0.4, -0.2) is 48.3 Å². The lowest BCUT2D eigenvalue weighted by molar-refractivity contribution is 0.156. The fourth-order valence-electron chi connectivity index (χ4n) is 2.85. The Balaban J connectivity index is 2.23. The van der Waals surface area contributed by atoms with Crippen LogP contribution in [0.15, 0.2) is 0 Å². The van der Waals surface area contributed by atoms with Gasteiger partial charge in [-0.1, -0.05) is 6.92 Å². The van der Waals surface area contributed by atoms with Gasteiger partial charge in [0.05, 0.1) is 0 Å². The molecule has 1 aliphatic rings. The van der Waals surface area contributed by atoms with E-state index in [0.29, 0.717) is 12.1 Å². The molecule has 17 heavy (non-hydrogen) atoms. The van der Waals surface area contributed by atoms with E-state index in [1.807, 2.05) is 0 Å². The molecule has 0 aromatic rings. The maximum Gasteiger partial charge on any atom is 0.0445 e. The fourth-order valence-corrected chi connectivity index (χ4v) is 2.85. The normalized spacial score (nSPS) is 22.6. The van der Waals surface area contributed by atoms with Crippen molar-refractivity contribution in [3.63, 3.8) is 0 Å². The smallest absolute Gasteiger partial charge is 0.0445 e. The Bertz CT molecular complexity index is 191. The SMILES string of the molecule is CCCN1CCC(C(C)NC(C)CCO)CC1. The third kappa shape index (κ3) is 5.36. The van der Waals surface area contributed by atoms with E-state index in [9.17, 15) is 0 Å². The number of aliphatic hydroxyl groups is 1. The van der Waals surface area contributed by atoms with Crippen molar-refractivity contribution in [1.29, 1.82) is 0 Å². The summed E-state index contributed by atoms with van der Waals surface area (Å²) in [4.78, 5) is 2.58. The Morgan fingerprint density at radius 2 is 1.94 bits per heavy atom. The summed E-state index contributed by atoms with van der Waals surface area (Å²) in [6, 6.07) is 1.02. The monoisotopic (exact) mass is 242 g/mol. The van der Waals surface area contributed by atoms with Crippen LogP contribution in [0.4, 0.5) is 0 Å². The van der Waals surface area contributed by atoms with Crippen LogP contribution >= 0.6 is 0 Å². The number of nitrogens with zero attached hydrogens (tertiary/aromatic N) is 1. The van der Waals surface area contributed by atoms with Crippen LogP contribution in [0.1, 0.15) is 46.5 Å². The predicted molar refractivity (Wildman–Crippen MR) is 73.2 cm³/mol. The predicted octanol–water partition coefficient (Wildman–Crippen LogP) is 1.86. The molecule has 1 heterocycles. The van der Waals surface area contributed by atoms with Crippen molar-refractivity contribution in [3.8, 4) is 0 Å². The van der Waals surface area contributed by atoms with Crippen LogP contribution in [0.2, 0.25) is 0 Å². The van der Waals surface area contributed by atoms with Crippen LogP contribution in [0.5, 0.6) is 0 Å². The summed E-state index contributed by atoms with van der Waals surface area (Å²) in [5.41, 5.74) is 0. The first-order valence-electron chi connectivity index (χ1n) is 7.26. The van der Waals surface area contributed by atoms with Gasteiger partial charge in [0.2, 0.25) is 0 Å². The summed E-state index contributed by atoms with van der Waals surface area (Å²) in [5.74, 6) is 0.809. The number of piperidine rings is 1. The van der Waals surface area contributed by atoms with Crippen LogP contribution < -0.4 is 5.32 Å². The van der Waals surface area contributed by atoms with Gasteiger partial charge in [-0.3, -0.25) is 0 Å². The third-order valence-electron chi connectivity index (χ3n) is 3.99. The summed E-state index contributed by atoms with van der Waals surface area (Å²) < 4.78 is 0. The molecule has 0 aromatic carbocycles. The van der Waals surface area contributed by atoms with Crippen LogP contribution in [0.3, 0.4) is 0 Å². The second-order valence-corrected chi connectivity index (χ2v) is 5.55. The highest BCUT2D eigenvalue weighted by Crippen LogP contribution is 2.21. The van der Waals surface area contributed by atoms with Crippen molar-refractivity contribution in [2.45, 2.75) is 58.5 Å². The number of hydrogen-bond acceptors (Lipinski definition) is 3. The Morgan fingerprint density at radius 1 is 1.29 bits per heavy atom. The molecule has 2 atom stereocenters. The van der Waals surface area contributed by atoms with E-state index in [1.54, 1.807) is 0 Å². The van der Waals surface area contributed by atoms with Gasteiger partial charge < -0.3 is 15.3 Å². The molecule has 2 unspecified atom stereocenters. The first-order valence-corrected chi connectivity index (χ1v) is 7.26. The Labute approximate surface area is 107 Å². The quantitative estimate of drug-likeness (QED) is 0.715. The minimum absolute atomic E-state index is 0.288. The molecule has 1 fully saturated rings. The van der Waals surface area contributed by atoms with E-state index in [4.69, 9.17) is 5.11 Å². The number of aliphatic hydroxyl groups excluding tert-OH is 1. The van der Waals surface area contributed by atoms with Crippen LogP contribution in [0, 0.1) is 5.92 Å². The molecule has 0 aromatic heterocycles. The largest absolute Gasteiger partial charge is 0.396 e. The summed E-state index contributed by atoms with van der Waals surface area (Å²) >= 11 is 0. The van der Waals surface area contributed by atoms with Gasteiger partial charge >= 0.3 is 0 Å². The zero-order valence-corrected chi connectivity index (χ0v) is 11.8.